The van der Waals surface area contributed by atoms with Crippen LogP contribution in [0.1, 0.15) is 97.8 Å². The van der Waals surface area contributed by atoms with Crippen LogP contribution < -0.4 is 15.3 Å². The summed E-state index contributed by atoms with van der Waals surface area (Å²) in [6.07, 6.45) is 21.0. The Balaban J connectivity index is -0.000000174. The van der Waals surface area contributed by atoms with Gasteiger partial charge < -0.3 is 29.7 Å². The molecule has 0 unspecified atom stereocenters. The molecule has 0 atom stereocenters. The van der Waals surface area contributed by atoms with E-state index in [1.54, 1.807) is 18.2 Å². The maximum atomic E-state index is 9.83. The molecule has 0 fully saturated rings. The van der Waals surface area contributed by atoms with Crippen molar-refractivity contribution in [1.82, 2.24) is 0 Å². The molecule has 0 N–H and O–H groups in total. The van der Waals surface area contributed by atoms with Gasteiger partial charge in [-0.05, 0) is 56.8 Å². The van der Waals surface area contributed by atoms with E-state index < -0.39 is 17.9 Å². The molecule has 6 nitrogen and oxygen atoms in total. The molecule has 0 aliphatic heterocycles. The molecule has 0 aliphatic rings. The van der Waals surface area contributed by atoms with Crippen molar-refractivity contribution in [2.24, 2.45) is 0 Å². The number of carboxylic acids is 3. The quantitative estimate of drug-likeness (QED) is 0.202. The van der Waals surface area contributed by atoms with Gasteiger partial charge in [0.15, 0.2) is 0 Å². The van der Waals surface area contributed by atoms with Crippen molar-refractivity contribution in [2.45, 2.75) is 97.8 Å². The van der Waals surface area contributed by atoms with E-state index in [9.17, 15) is 29.7 Å². The average molecular weight is 479 g/mol. The third kappa shape index (κ3) is 52.5. The SMILES string of the molecule is CCCCCC=CC(=O)[O-].CCCCCC=CC(=O)[O-].CCCCCC=CC(=O)[O-].[Fe+3]. The molecular weight excluding hydrogens is 440 g/mol. The topological polar surface area (TPSA) is 120 Å². The molecule has 0 aromatic rings. The van der Waals surface area contributed by atoms with Crippen LogP contribution in [0.25, 0.3) is 0 Å². The summed E-state index contributed by atoms with van der Waals surface area (Å²) in [6.45, 7) is 6.34. The molecule has 0 aromatic carbocycles. The zero-order chi connectivity index (χ0) is 23.5. The second-order valence-corrected chi connectivity index (χ2v) is 6.65. The Kier molecular flexibility index (Phi) is 38.6. The van der Waals surface area contributed by atoms with Crippen LogP contribution in [0.15, 0.2) is 36.5 Å². The number of carbonyl (C=O) groups excluding carboxylic acids is 3. The first kappa shape index (κ1) is 36.5. The van der Waals surface area contributed by atoms with Crippen molar-refractivity contribution in [3.63, 3.8) is 0 Å². The molecule has 0 spiro atoms. The monoisotopic (exact) mass is 479 g/mol. The summed E-state index contributed by atoms with van der Waals surface area (Å²) in [5.74, 6) is -3.30. The molecule has 0 saturated heterocycles. The van der Waals surface area contributed by atoms with Crippen LogP contribution in [-0.4, -0.2) is 17.9 Å². The molecule has 31 heavy (non-hydrogen) atoms. The second-order valence-electron chi connectivity index (χ2n) is 6.65. The predicted octanol–water partition coefficient (Wildman–Crippen LogP) is 2.62. The number of aliphatic carboxylic acids is 3. The van der Waals surface area contributed by atoms with Gasteiger partial charge >= 0.3 is 17.1 Å². The Hall–Kier alpha value is -1.85. The van der Waals surface area contributed by atoms with Crippen LogP contribution in [0.5, 0.6) is 0 Å². The average Bonchev–Trinajstić information content (AvgIpc) is 2.68. The van der Waals surface area contributed by atoms with Crippen molar-refractivity contribution in [1.29, 1.82) is 0 Å². The maximum Gasteiger partial charge on any atom is 3.00 e. The Labute approximate surface area is 199 Å². The van der Waals surface area contributed by atoms with E-state index in [1.165, 1.54) is 19.3 Å². The van der Waals surface area contributed by atoms with Crippen LogP contribution in [-0.2, 0) is 31.5 Å². The summed E-state index contributed by atoms with van der Waals surface area (Å²) in [7, 11) is 0. The molecule has 0 heterocycles. The molecule has 0 rings (SSSR count). The fourth-order valence-corrected chi connectivity index (χ4v) is 2.08. The van der Waals surface area contributed by atoms with Crippen molar-refractivity contribution in [3.8, 4) is 0 Å². The van der Waals surface area contributed by atoms with E-state index in [4.69, 9.17) is 0 Å². The molecule has 179 valence electrons. The normalized spacial score (nSPS) is 10.2. The summed E-state index contributed by atoms with van der Waals surface area (Å²) in [5, 5.41) is 29.5. The molecule has 0 amide bonds. The van der Waals surface area contributed by atoms with Gasteiger partial charge in [-0.15, -0.1) is 0 Å². The van der Waals surface area contributed by atoms with Crippen LogP contribution in [0.2, 0.25) is 0 Å². The molecule has 0 bridgehead atoms. The van der Waals surface area contributed by atoms with Gasteiger partial charge in [-0.3, -0.25) is 0 Å². The summed E-state index contributed by atoms with van der Waals surface area (Å²) in [5.41, 5.74) is 0. The fraction of sp³-hybridized carbons (Fsp3) is 0.625. The molecule has 0 saturated carbocycles. The zero-order valence-electron chi connectivity index (χ0n) is 19.3. The molecule has 7 heteroatoms. The van der Waals surface area contributed by atoms with E-state index in [-0.39, 0.29) is 17.1 Å². The Morgan fingerprint density at radius 2 is 0.742 bits per heavy atom. The third-order valence-corrected chi connectivity index (χ3v) is 3.68. The van der Waals surface area contributed by atoms with Crippen molar-refractivity contribution in [2.75, 3.05) is 0 Å². The molecule has 0 aliphatic carbocycles. The van der Waals surface area contributed by atoms with E-state index in [2.05, 4.69) is 20.8 Å². The molecule has 1 radical (unpaired) electrons. The van der Waals surface area contributed by atoms with Crippen LogP contribution >= 0.6 is 0 Å². The van der Waals surface area contributed by atoms with Crippen LogP contribution in [0.4, 0.5) is 0 Å². The number of carbonyl (C=O) groups is 3. The van der Waals surface area contributed by atoms with Crippen molar-refractivity contribution < 1.29 is 46.8 Å². The number of allylic oxidation sites excluding steroid dienone is 3. The number of carboxylic acid groups (broad SMARTS) is 3. The third-order valence-electron chi connectivity index (χ3n) is 3.68. The first-order valence-electron chi connectivity index (χ1n) is 10.9. The second kappa shape index (κ2) is 32.8. The number of hydrogen-bond donors (Lipinski definition) is 0. The van der Waals surface area contributed by atoms with E-state index >= 15 is 0 Å². The smallest absolute Gasteiger partial charge is 0.545 e. The van der Waals surface area contributed by atoms with Gasteiger partial charge in [0.25, 0.3) is 0 Å². The maximum absolute atomic E-state index is 9.83. The predicted molar refractivity (Wildman–Crippen MR) is 115 cm³/mol. The first-order chi connectivity index (χ1) is 14.3. The number of hydrogen-bond acceptors (Lipinski definition) is 6. The van der Waals surface area contributed by atoms with Crippen LogP contribution in [0, 0.1) is 0 Å². The molecule has 0 aromatic heterocycles. The Morgan fingerprint density at radius 3 is 0.903 bits per heavy atom. The summed E-state index contributed by atoms with van der Waals surface area (Å²) in [6, 6.07) is 0. The minimum atomic E-state index is -1.10. The van der Waals surface area contributed by atoms with Gasteiger partial charge in [-0.2, -0.15) is 0 Å². The van der Waals surface area contributed by atoms with Gasteiger partial charge in [-0.1, -0.05) is 77.5 Å². The van der Waals surface area contributed by atoms with Gasteiger partial charge in [0, 0.05) is 0 Å². The summed E-state index contributed by atoms with van der Waals surface area (Å²) < 4.78 is 0. The number of rotatable bonds is 15. The van der Waals surface area contributed by atoms with Gasteiger partial charge in [0.2, 0.25) is 0 Å². The van der Waals surface area contributed by atoms with E-state index in [0.29, 0.717) is 0 Å². The van der Waals surface area contributed by atoms with E-state index in [1.807, 2.05) is 0 Å². The standard InChI is InChI=1S/3C8H14O2.Fe/c3*1-2-3-4-5-6-7-8(9)10;/h3*6-7H,2-5H2,1H3,(H,9,10);/q;;;+3/p-3. The number of unbranched alkanes of at least 4 members (excludes halogenated alkanes) is 9. The zero-order valence-corrected chi connectivity index (χ0v) is 20.4. The minimum Gasteiger partial charge on any atom is -0.545 e. The molecular formula is C24H39FeO6. The summed E-state index contributed by atoms with van der Waals surface area (Å²) >= 11 is 0. The van der Waals surface area contributed by atoms with Crippen LogP contribution in [0.3, 0.4) is 0 Å². The van der Waals surface area contributed by atoms with E-state index in [0.717, 1.165) is 76.0 Å². The van der Waals surface area contributed by atoms with Gasteiger partial charge in [0.1, 0.15) is 0 Å². The van der Waals surface area contributed by atoms with Gasteiger partial charge in [-0.25, -0.2) is 0 Å². The fourth-order valence-electron chi connectivity index (χ4n) is 2.08. The largest absolute Gasteiger partial charge is 3.00 e. The summed E-state index contributed by atoms with van der Waals surface area (Å²) in [4.78, 5) is 29.5. The minimum absolute atomic E-state index is 0. The van der Waals surface area contributed by atoms with Crippen molar-refractivity contribution >= 4 is 17.9 Å². The van der Waals surface area contributed by atoms with Gasteiger partial charge in [0.05, 0.1) is 17.9 Å². The Bertz CT molecular complexity index is 427. The van der Waals surface area contributed by atoms with Crippen molar-refractivity contribution in [3.05, 3.63) is 36.5 Å². The Morgan fingerprint density at radius 1 is 0.516 bits per heavy atom. The first-order valence-corrected chi connectivity index (χ1v) is 10.9.